The highest BCUT2D eigenvalue weighted by atomic mass is 19.4. The molecule has 2 aromatic carbocycles. The molecule has 4 rings (SSSR count). The Morgan fingerprint density at radius 1 is 1.12 bits per heavy atom. The van der Waals surface area contributed by atoms with Crippen LogP contribution in [0.25, 0.3) is 11.3 Å². The third-order valence-corrected chi connectivity index (χ3v) is 6.42. The van der Waals surface area contributed by atoms with Gasteiger partial charge in [-0.15, -0.1) is 0 Å². The van der Waals surface area contributed by atoms with Gasteiger partial charge >= 0.3 is 6.18 Å². The van der Waals surface area contributed by atoms with Gasteiger partial charge in [0.15, 0.2) is 11.7 Å². The molecule has 0 unspecified atom stereocenters. The number of hydrogen-bond donors (Lipinski definition) is 4. The van der Waals surface area contributed by atoms with Crippen molar-refractivity contribution in [1.82, 2.24) is 20.3 Å². The molecule has 0 fully saturated rings. The summed E-state index contributed by atoms with van der Waals surface area (Å²) in [6, 6.07) is 10.2. The monoisotopic (exact) mass is 585 g/mol. The number of amides is 1. The molecule has 1 aliphatic heterocycles. The minimum absolute atomic E-state index is 0.0110. The lowest BCUT2D eigenvalue weighted by Gasteiger charge is -2.17. The third kappa shape index (κ3) is 8.09. The number of nitrogens with two attached hydrogens (primary N) is 1. The van der Waals surface area contributed by atoms with Gasteiger partial charge in [0.2, 0.25) is 5.91 Å². The molecular formula is C29H34F3N7O3. The van der Waals surface area contributed by atoms with E-state index in [-0.39, 0.29) is 35.3 Å². The van der Waals surface area contributed by atoms with Crippen molar-refractivity contribution in [2.24, 2.45) is 4.99 Å². The average molecular weight is 586 g/mol. The van der Waals surface area contributed by atoms with Crippen LogP contribution in [0.3, 0.4) is 0 Å². The first-order valence-corrected chi connectivity index (χ1v) is 13.6. The lowest BCUT2D eigenvalue weighted by molar-refractivity contribution is -0.137. The maximum Gasteiger partial charge on any atom is 0.416 e. The molecule has 0 aliphatic carbocycles. The van der Waals surface area contributed by atoms with E-state index in [4.69, 9.17) is 10.6 Å². The summed E-state index contributed by atoms with van der Waals surface area (Å²) in [5.74, 6) is 0.0976. The first-order chi connectivity index (χ1) is 20.0. The Kier molecular flexibility index (Phi) is 9.84. The molecule has 0 saturated heterocycles. The molecule has 0 atom stereocenters. The largest absolute Gasteiger partial charge is 0.416 e. The predicted octanol–water partition coefficient (Wildman–Crippen LogP) is 4.10. The van der Waals surface area contributed by atoms with Crippen LogP contribution >= 0.6 is 0 Å². The van der Waals surface area contributed by atoms with Gasteiger partial charge in [0.25, 0.3) is 5.56 Å². The highest BCUT2D eigenvalue weighted by Crippen LogP contribution is 2.34. The number of alkyl halides is 3. The van der Waals surface area contributed by atoms with Crippen molar-refractivity contribution in [3.05, 3.63) is 75.7 Å². The molecule has 5 N–H and O–H groups in total. The van der Waals surface area contributed by atoms with E-state index in [2.05, 4.69) is 26.1 Å². The van der Waals surface area contributed by atoms with Crippen molar-refractivity contribution in [2.75, 3.05) is 24.2 Å². The smallest absolute Gasteiger partial charge is 0.399 e. The van der Waals surface area contributed by atoms with Crippen LogP contribution in [0.15, 0.2) is 58.4 Å². The number of benzene rings is 2. The van der Waals surface area contributed by atoms with E-state index in [9.17, 15) is 22.8 Å². The van der Waals surface area contributed by atoms with E-state index in [1.807, 2.05) is 24.3 Å². The van der Waals surface area contributed by atoms with E-state index in [1.165, 1.54) is 12.3 Å². The summed E-state index contributed by atoms with van der Waals surface area (Å²) < 4.78 is 41.5. The van der Waals surface area contributed by atoms with Crippen LogP contribution < -0.4 is 27.4 Å². The van der Waals surface area contributed by atoms with Gasteiger partial charge in [0.05, 0.1) is 24.1 Å². The van der Waals surface area contributed by atoms with Gasteiger partial charge in [-0.2, -0.15) is 13.2 Å². The average Bonchev–Trinajstić information content (AvgIpc) is 3.08. The number of nitrogen functional groups attached to an aromatic ring is 1. The van der Waals surface area contributed by atoms with Gasteiger partial charge < -0.3 is 16.4 Å². The van der Waals surface area contributed by atoms with Crippen molar-refractivity contribution < 1.29 is 22.8 Å². The van der Waals surface area contributed by atoms with Crippen molar-refractivity contribution in [3.8, 4) is 11.3 Å². The van der Waals surface area contributed by atoms with E-state index in [1.54, 1.807) is 13.8 Å². The Hall–Kier alpha value is -4.39. The minimum atomic E-state index is -4.65. The number of aliphatic imine (C=N–C) groups is 1. The Balaban J connectivity index is 1.53. The van der Waals surface area contributed by atoms with Gasteiger partial charge in [-0.3, -0.25) is 24.0 Å². The number of carbonyl (C=O) groups excluding carboxylic acids is 1. The molecule has 1 amide bonds. The summed E-state index contributed by atoms with van der Waals surface area (Å²) in [7, 11) is 0. The topological polar surface area (TPSA) is 136 Å². The molecule has 224 valence electrons. The van der Waals surface area contributed by atoms with Crippen molar-refractivity contribution in [3.63, 3.8) is 0 Å². The molecule has 0 saturated carbocycles. The molecule has 2 heterocycles. The van der Waals surface area contributed by atoms with Crippen LogP contribution in [0.1, 0.15) is 49.8 Å². The van der Waals surface area contributed by atoms with Crippen LogP contribution in [0.4, 0.5) is 24.7 Å². The molecule has 0 radical (unpaired) electrons. The second-order valence-corrected chi connectivity index (χ2v) is 10.2. The van der Waals surface area contributed by atoms with Crippen LogP contribution in [-0.4, -0.2) is 40.5 Å². The number of halogens is 3. The molecule has 13 heteroatoms. The standard InChI is InChI=1S/C29H34F3N7O3/c1-18(2)37-27-28(41)39(24(16-36-27)21-12-22(29(30,31)32)14-23(33)13-21)17-25(40)35-15-19-6-8-20(9-7-19)26-34-10-4-3-5-11-42-38-26/h6-9,12-14,16,18H,3-5,10-11,15,17,33H2,1-2H3,(H,34,38)(H,35,40)(H,36,37). The Labute approximate surface area is 241 Å². The van der Waals surface area contributed by atoms with E-state index < -0.39 is 29.8 Å². The van der Waals surface area contributed by atoms with Gasteiger partial charge in [0, 0.05) is 35.9 Å². The zero-order valence-corrected chi connectivity index (χ0v) is 23.4. The van der Waals surface area contributed by atoms with Crippen molar-refractivity contribution >= 4 is 23.2 Å². The highest BCUT2D eigenvalue weighted by molar-refractivity contribution is 5.98. The number of carbonyl (C=O) groups is 1. The SMILES string of the molecule is CC(C)Nc1ncc(-c2cc(N)cc(C(F)(F)F)c2)n(CC(=O)NCc2ccc(C3=NCCCCCON3)cc2)c1=O. The first-order valence-electron chi connectivity index (χ1n) is 13.6. The molecule has 10 nitrogen and oxygen atoms in total. The fourth-order valence-electron chi connectivity index (χ4n) is 4.35. The lowest BCUT2D eigenvalue weighted by Crippen LogP contribution is -2.35. The van der Waals surface area contributed by atoms with E-state index >= 15 is 0 Å². The zero-order valence-electron chi connectivity index (χ0n) is 23.4. The Morgan fingerprint density at radius 3 is 2.60 bits per heavy atom. The van der Waals surface area contributed by atoms with Gasteiger partial charge in [-0.25, -0.2) is 10.5 Å². The van der Waals surface area contributed by atoms with Gasteiger partial charge in [0.1, 0.15) is 6.54 Å². The third-order valence-electron chi connectivity index (χ3n) is 6.42. The molecule has 3 aromatic rings. The predicted molar refractivity (Wildman–Crippen MR) is 155 cm³/mol. The van der Waals surface area contributed by atoms with Gasteiger partial charge in [-0.1, -0.05) is 24.3 Å². The maximum absolute atomic E-state index is 13.5. The zero-order chi connectivity index (χ0) is 30.3. The summed E-state index contributed by atoms with van der Waals surface area (Å²) in [6.45, 7) is 4.62. The first kappa shape index (κ1) is 30.6. The number of anilines is 2. The quantitative estimate of drug-likeness (QED) is 0.292. The molecule has 1 aromatic heterocycles. The highest BCUT2D eigenvalue weighted by Gasteiger charge is 2.31. The molecule has 0 bridgehead atoms. The Bertz CT molecular complexity index is 1490. The van der Waals surface area contributed by atoms with Crippen LogP contribution in [0.2, 0.25) is 0 Å². The molecule has 42 heavy (non-hydrogen) atoms. The summed E-state index contributed by atoms with van der Waals surface area (Å²) in [4.78, 5) is 40.4. The van der Waals surface area contributed by atoms with Crippen molar-refractivity contribution in [1.29, 1.82) is 0 Å². The molecular weight excluding hydrogens is 551 g/mol. The number of rotatable bonds is 8. The fraction of sp³-hybridized carbons (Fsp3) is 0.379. The number of nitrogens with one attached hydrogen (secondary N) is 3. The maximum atomic E-state index is 13.5. The Morgan fingerprint density at radius 2 is 1.88 bits per heavy atom. The number of amidine groups is 1. The fourth-order valence-corrected chi connectivity index (χ4v) is 4.35. The summed E-state index contributed by atoms with van der Waals surface area (Å²) >= 11 is 0. The summed E-state index contributed by atoms with van der Waals surface area (Å²) in [6.07, 6.45) is -0.403. The lowest BCUT2D eigenvalue weighted by atomic mass is 10.1. The summed E-state index contributed by atoms with van der Waals surface area (Å²) in [5, 5.41) is 5.68. The van der Waals surface area contributed by atoms with Crippen LogP contribution in [0.5, 0.6) is 0 Å². The van der Waals surface area contributed by atoms with Gasteiger partial charge in [-0.05, 0) is 56.9 Å². The second-order valence-electron chi connectivity index (χ2n) is 10.2. The number of hydrogen-bond acceptors (Lipinski definition) is 8. The molecule has 0 spiro atoms. The van der Waals surface area contributed by atoms with Crippen LogP contribution in [-0.2, 0) is 28.9 Å². The molecule has 1 aliphatic rings. The number of hydroxylamine groups is 1. The minimum Gasteiger partial charge on any atom is -0.399 e. The normalized spacial score (nSPS) is 14.3. The number of nitrogens with zero attached hydrogens (tertiary/aromatic N) is 3. The number of aromatic nitrogens is 2. The van der Waals surface area contributed by atoms with E-state index in [0.717, 1.165) is 47.1 Å². The van der Waals surface area contributed by atoms with Crippen molar-refractivity contribution in [2.45, 2.75) is 58.4 Å². The second kappa shape index (κ2) is 13.5. The van der Waals surface area contributed by atoms with E-state index in [0.29, 0.717) is 19.0 Å². The summed E-state index contributed by atoms with van der Waals surface area (Å²) in [5.41, 5.74) is 8.56. The van der Waals surface area contributed by atoms with Crippen LogP contribution in [0, 0.1) is 0 Å².